The average Bonchev–Trinajstić information content (AvgIpc) is 2.20. The number of halogens is 1. The maximum absolute atomic E-state index is 13.4. The highest BCUT2D eigenvalue weighted by Crippen LogP contribution is 2.20. The SMILES string of the molecule is C[C@H](C(=O)O)N(C(N)=O)c1ccccc1F. The molecular weight excluding hydrogens is 215 g/mol. The number of nitrogens with two attached hydrogens (primary N) is 1. The number of carboxylic acid groups (broad SMARTS) is 1. The van der Waals surface area contributed by atoms with Gasteiger partial charge in [0, 0.05) is 0 Å². The topological polar surface area (TPSA) is 83.6 Å². The molecule has 6 heteroatoms. The van der Waals surface area contributed by atoms with Gasteiger partial charge in [0.25, 0.3) is 0 Å². The third-order valence-electron chi connectivity index (χ3n) is 2.09. The number of para-hydroxylation sites is 1. The van der Waals surface area contributed by atoms with Crippen LogP contribution in [0.15, 0.2) is 24.3 Å². The van der Waals surface area contributed by atoms with Crippen molar-refractivity contribution in [3.05, 3.63) is 30.1 Å². The Morgan fingerprint density at radius 3 is 2.44 bits per heavy atom. The molecule has 3 N–H and O–H groups in total. The summed E-state index contributed by atoms with van der Waals surface area (Å²) in [6.07, 6.45) is 0. The van der Waals surface area contributed by atoms with Gasteiger partial charge in [0.1, 0.15) is 11.9 Å². The molecule has 1 atom stereocenters. The summed E-state index contributed by atoms with van der Waals surface area (Å²) in [5.74, 6) is -1.96. The lowest BCUT2D eigenvalue weighted by atomic mass is 10.2. The lowest BCUT2D eigenvalue weighted by Crippen LogP contribution is -2.46. The minimum Gasteiger partial charge on any atom is -0.480 e. The van der Waals surface area contributed by atoms with E-state index in [0.29, 0.717) is 4.90 Å². The molecule has 0 bridgehead atoms. The molecule has 0 heterocycles. The molecule has 5 nitrogen and oxygen atoms in total. The number of amides is 2. The Bertz CT molecular complexity index is 422. The Kier molecular flexibility index (Phi) is 3.44. The quantitative estimate of drug-likeness (QED) is 0.811. The normalized spacial score (nSPS) is 11.9. The number of carbonyl (C=O) groups is 2. The molecule has 0 unspecified atom stereocenters. The molecular formula is C10H11FN2O3. The van der Waals surface area contributed by atoms with Crippen molar-refractivity contribution in [2.24, 2.45) is 5.73 Å². The number of carboxylic acids is 1. The highest BCUT2D eigenvalue weighted by Gasteiger charge is 2.27. The van der Waals surface area contributed by atoms with Crippen molar-refractivity contribution in [2.45, 2.75) is 13.0 Å². The van der Waals surface area contributed by atoms with Gasteiger partial charge in [-0.2, -0.15) is 0 Å². The summed E-state index contributed by atoms with van der Waals surface area (Å²) >= 11 is 0. The van der Waals surface area contributed by atoms with Crippen molar-refractivity contribution in [1.29, 1.82) is 0 Å². The summed E-state index contributed by atoms with van der Waals surface area (Å²) in [5, 5.41) is 8.78. The second-order valence-electron chi connectivity index (χ2n) is 3.17. The summed E-state index contributed by atoms with van der Waals surface area (Å²) < 4.78 is 13.4. The molecule has 0 aliphatic heterocycles. The van der Waals surface area contributed by atoms with Crippen LogP contribution in [-0.4, -0.2) is 23.1 Å². The first-order valence-corrected chi connectivity index (χ1v) is 4.51. The van der Waals surface area contributed by atoms with Crippen LogP contribution in [0.5, 0.6) is 0 Å². The first kappa shape index (κ1) is 12.0. The molecule has 86 valence electrons. The first-order valence-electron chi connectivity index (χ1n) is 4.51. The van der Waals surface area contributed by atoms with Crippen LogP contribution in [-0.2, 0) is 4.79 Å². The number of urea groups is 1. The number of hydrogen-bond donors (Lipinski definition) is 2. The molecule has 1 aromatic rings. The number of hydrogen-bond acceptors (Lipinski definition) is 2. The van der Waals surface area contributed by atoms with Gasteiger partial charge >= 0.3 is 12.0 Å². The smallest absolute Gasteiger partial charge is 0.326 e. The number of primary amides is 1. The maximum Gasteiger partial charge on any atom is 0.326 e. The molecule has 0 aliphatic rings. The summed E-state index contributed by atoms with van der Waals surface area (Å²) in [4.78, 5) is 22.6. The second-order valence-corrected chi connectivity index (χ2v) is 3.17. The fraction of sp³-hybridized carbons (Fsp3) is 0.200. The number of anilines is 1. The van der Waals surface area contributed by atoms with Crippen LogP contribution in [0.25, 0.3) is 0 Å². The van der Waals surface area contributed by atoms with Gasteiger partial charge in [0.2, 0.25) is 0 Å². The molecule has 0 saturated heterocycles. The van der Waals surface area contributed by atoms with Crippen molar-refractivity contribution in [1.82, 2.24) is 0 Å². The Labute approximate surface area is 91.3 Å². The number of carbonyl (C=O) groups excluding carboxylic acids is 1. The molecule has 1 rings (SSSR count). The molecule has 0 spiro atoms. The summed E-state index contributed by atoms with van der Waals surface area (Å²) in [7, 11) is 0. The van der Waals surface area contributed by atoms with E-state index >= 15 is 0 Å². The van der Waals surface area contributed by atoms with E-state index in [9.17, 15) is 14.0 Å². The number of aliphatic carboxylic acids is 1. The Morgan fingerprint density at radius 2 is 2.00 bits per heavy atom. The Hall–Kier alpha value is -2.11. The van der Waals surface area contributed by atoms with Crippen LogP contribution >= 0.6 is 0 Å². The van der Waals surface area contributed by atoms with E-state index < -0.39 is 23.9 Å². The van der Waals surface area contributed by atoms with Crippen molar-refractivity contribution < 1.29 is 19.1 Å². The summed E-state index contributed by atoms with van der Waals surface area (Å²) in [6.45, 7) is 1.25. The highest BCUT2D eigenvalue weighted by molar-refractivity contribution is 5.97. The zero-order chi connectivity index (χ0) is 12.3. The minimum absolute atomic E-state index is 0.148. The van der Waals surface area contributed by atoms with E-state index in [0.717, 1.165) is 6.07 Å². The molecule has 0 aromatic heterocycles. The molecule has 0 aliphatic carbocycles. The highest BCUT2D eigenvalue weighted by atomic mass is 19.1. The molecule has 0 radical (unpaired) electrons. The average molecular weight is 226 g/mol. The van der Waals surface area contributed by atoms with Gasteiger partial charge in [-0.25, -0.2) is 14.0 Å². The second kappa shape index (κ2) is 4.61. The van der Waals surface area contributed by atoms with E-state index in [-0.39, 0.29) is 5.69 Å². The fourth-order valence-electron chi connectivity index (χ4n) is 1.28. The van der Waals surface area contributed by atoms with E-state index in [1.165, 1.54) is 25.1 Å². The molecule has 1 aromatic carbocycles. The standard InChI is InChI=1S/C10H11FN2O3/c1-6(9(14)15)13(10(12)16)8-5-3-2-4-7(8)11/h2-6H,1H3,(H2,12,16)(H,14,15)/t6-/m1/s1. The van der Waals surface area contributed by atoms with E-state index in [1.54, 1.807) is 0 Å². The van der Waals surface area contributed by atoms with E-state index in [1.807, 2.05) is 0 Å². The molecule has 0 saturated carbocycles. The predicted molar refractivity (Wildman–Crippen MR) is 55.6 cm³/mol. The van der Waals surface area contributed by atoms with E-state index in [4.69, 9.17) is 10.8 Å². The van der Waals surface area contributed by atoms with Crippen LogP contribution in [0.2, 0.25) is 0 Å². The molecule has 2 amide bonds. The zero-order valence-corrected chi connectivity index (χ0v) is 8.55. The summed E-state index contributed by atoms with van der Waals surface area (Å²) in [6, 6.07) is 3.10. The van der Waals surface area contributed by atoms with Gasteiger partial charge in [-0.3, -0.25) is 4.90 Å². The Balaban J connectivity index is 3.18. The lowest BCUT2D eigenvalue weighted by molar-refractivity contribution is -0.138. The van der Waals surface area contributed by atoms with Gasteiger partial charge in [0.05, 0.1) is 5.69 Å². The van der Waals surface area contributed by atoms with Gasteiger partial charge in [0.15, 0.2) is 0 Å². The van der Waals surface area contributed by atoms with Crippen molar-refractivity contribution in [3.63, 3.8) is 0 Å². The first-order chi connectivity index (χ1) is 7.45. The number of nitrogens with zero attached hydrogens (tertiary/aromatic N) is 1. The fourth-order valence-corrected chi connectivity index (χ4v) is 1.28. The lowest BCUT2D eigenvalue weighted by Gasteiger charge is -2.24. The zero-order valence-electron chi connectivity index (χ0n) is 8.55. The van der Waals surface area contributed by atoms with Crippen LogP contribution in [0.1, 0.15) is 6.92 Å². The summed E-state index contributed by atoms with van der Waals surface area (Å²) in [5.41, 5.74) is 4.89. The van der Waals surface area contributed by atoms with E-state index in [2.05, 4.69) is 0 Å². The third kappa shape index (κ3) is 2.28. The van der Waals surface area contributed by atoms with Crippen LogP contribution in [0, 0.1) is 5.82 Å². The predicted octanol–water partition coefficient (Wildman–Crippen LogP) is 1.18. The van der Waals surface area contributed by atoms with Gasteiger partial charge in [-0.15, -0.1) is 0 Å². The third-order valence-corrected chi connectivity index (χ3v) is 2.09. The number of rotatable bonds is 3. The van der Waals surface area contributed by atoms with Crippen LogP contribution in [0.3, 0.4) is 0 Å². The molecule has 0 fully saturated rings. The van der Waals surface area contributed by atoms with Gasteiger partial charge in [-0.1, -0.05) is 12.1 Å². The van der Waals surface area contributed by atoms with Crippen molar-refractivity contribution >= 4 is 17.7 Å². The minimum atomic E-state index is -1.26. The van der Waals surface area contributed by atoms with Crippen molar-refractivity contribution in [2.75, 3.05) is 4.90 Å². The Morgan fingerprint density at radius 1 is 1.44 bits per heavy atom. The number of benzene rings is 1. The monoisotopic (exact) mass is 226 g/mol. The maximum atomic E-state index is 13.4. The van der Waals surface area contributed by atoms with Crippen LogP contribution < -0.4 is 10.6 Å². The van der Waals surface area contributed by atoms with Gasteiger partial charge in [-0.05, 0) is 19.1 Å². The molecule has 16 heavy (non-hydrogen) atoms. The van der Waals surface area contributed by atoms with Gasteiger partial charge < -0.3 is 10.8 Å². The largest absolute Gasteiger partial charge is 0.480 e. The van der Waals surface area contributed by atoms with Crippen molar-refractivity contribution in [3.8, 4) is 0 Å². The van der Waals surface area contributed by atoms with Crippen LogP contribution in [0.4, 0.5) is 14.9 Å².